The van der Waals surface area contributed by atoms with Crippen molar-refractivity contribution in [3.63, 3.8) is 0 Å². The third kappa shape index (κ3) is 3.06. The van der Waals surface area contributed by atoms with Crippen molar-refractivity contribution in [2.45, 2.75) is 25.7 Å². The Balaban J connectivity index is 2.51. The highest BCUT2D eigenvalue weighted by Crippen LogP contribution is 2.23. The summed E-state index contributed by atoms with van der Waals surface area (Å²) in [4.78, 5) is 6.26. The van der Waals surface area contributed by atoms with E-state index in [1.807, 2.05) is 7.05 Å². The fourth-order valence-corrected chi connectivity index (χ4v) is 1.16. The van der Waals surface area contributed by atoms with Gasteiger partial charge < -0.3 is 10.3 Å². The molecule has 0 fully saturated rings. The van der Waals surface area contributed by atoms with Gasteiger partial charge in [0, 0.05) is 18.8 Å². The molecule has 0 aromatic carbocycles. The zero-order valence-corrected chi connectivity index (χ0v) is 8.40. The van der Waals surface area contributed by atoms with Crippen LogP contribution in [0.15, 0.2) is 6.20 Å². The molecule has 14 heavy (non-hydrogen) atoms. The number of aryl methyl sites for hydroxylation is 1. The summed E-state index contributed by atoms with van der Waals surface area (Å²) in [5.74, 6) is -3.13. The topological polar surface area (TPSA) is 40.7 Å². The van der Waals surface area contributed by atoms with Crippen LogP contribution in [0.2, 0.25) is 0 Å². The number of halogens is 2. The van der Waals surface area contributed by atoms with Gasteiger partial charge >= 0.3 is 5.92 Å². The summed E-state index contributed by atoms with van der Waals surface area (Å²) in [6.07, 6.45) is 3.12. The standard InChI is InChI=1S/C9H15F2N3/c1-9(10,11)8-13-6-7(14-8)4-3-5-12-2/h6,12H,3-5H2,1-2H3,(H,13,14). The highest BCUT2D eigenvalue weighted by Gasteiger charge is 2.27. The molecule has 0 aliphatic heterocycles. The molecule has 0 atom stereocenters. The van der Waals surface area contributed by atoms with E-state index in [0.717, 1.165) is 32.0 Å². The van der Waals surface area contributed by atoms with Gasteiger partial charge in [-0.05, 0) is 26.4 Å². The molecule has 5 heteroatoms. The monoisotopic (exact) mass is 203 g/mol. The number of nitrogens with zero attached hydrogens (tertiary/aromatic N) is 1. The van der Waals surface area contributed by atoms with Crippen molar-refractivity contribution in [1.29, 1.82) is 0 Å². The summed E-state index contributed by atoms with van der Waals surface area (Å²) >= 11 is 0. The van der Waals surface area contributed by atoms with E-state index in [1.54, 1.807) is 0 Å². The maximum atomic E-state index is 12.8. The van der Waals surface area contributed by atoms with E-state index in [9.17, 15) is 8.78 Å². The van der Waals surface area contributed by atoms with E-state index in [4.69, 9.17) is 0 Å². The van der Waals surface area contributed by atoms with E-state index in [2.05, 4.69) is 15.3 Å². The summed E-state index contributed by atoms with van der Waals surface area (Å²) in [5, 5.41) is 2.99. The molecule has 0 saturated carbocycles. The lowest BCUT2D eigenvalue weighted by molar-refractivity contribution is 0.00848. The number of aromatic amines is 1. The third-order valence-electron chi connectivity index (χ3n) is 1.92. The quantitative estimate of drug-likeness (QED) is 0.715. The molecular formula is C9H15F2N3. The van der Waals surface area contributed by atoms with Gasteiger partial charge in [-0.3, -0.25) is 0 Å². The minimum Gasteiger partial charge on any atom is -0.341 e. The zero-order valence-electron chi connectivity index (χ0n) is 8.40. The van der Waals surface area contributed by atoms with E-state index in [0.29, 0.717) is 0 Å². The molecule has 1 heterocycles. The van der Waals surface area contributed by atoms with Crippen LogP contribution in [-0.4, -0.2) is 23.6 Å². The van der Waals surface area contributed by atoms with Crippen molar-refractivity contribution < 1.29 is 8.78 Å². The number of rotatable bonds is 5. The Morgan fingerprint density at radius 3 is 2.79 bits per heavy atom. The number of imidazole rings is 1. The fraction of sp³-hybridized carbons (Fsp3) is 0.667. The molecule has 0 bridgehead atoms. The number of aromatic nitrogens is 2. The van der Waals surface area contributed by atoms with Crippen LogP contribution in [0, 0.1) is 0 Å². The predicted molar refractivity (Wildman–Crippen MR) is 50.4 cm³/mol. The number of alkyl halides is 2. The molecule has 0 aliphatic carbocycles. The molecule has 0 spiro atoms. The first-order valence-electron chi connectivity index (χ1n) is 4.61. The molecule has 2 N–H and O–H groups in total. The van der Waals surface area contributed by atoms with Crippen LogP contribution >= 0.6 is 0 Å². The van der Waals surface area contributed by atoms with Gasteiger partial charge in [-0.2, -0.15) is 8.78 Å². The van der Waals surface area contributed by atoms with Crippen molar-refractivity contribution in [2.24, 2.45) is 0 Å². The molecule has 0 unspecified atom stereocenters. The number of hydrogen-bond acceptors (Lipinski definition) is 2. The van der Waals surface area contributed by atoms with E-state index >= 15 is 0 Å². The van der Waals surface area contributed by atoms with Gasteiger partial charge in [0.1, 0.15) is 0 Å². The Labute approximate surface area is 81.9 Å². The van der Waals surface area contributed by atoms with Gasteiger partial charge in [0.05, 0.1) is 0 Å². The summed E-state index contributed by atoms with van der Waals surface area (Å²) in [7, 11) is 1.86. The molecule has 1 aromatic rings. The van der Waals surface area contributed by atoms with Crippen molar-refractivity contribution in [1.82, 2.24) is 15.3 Å². The van der Waals surface area contributed by atoms with Crippen LogP contribution < -0.4 is 5.32 Å². The first kappa shape index (κ1) is 11.1. The van der Waals surface area contributed by atoms with Gasteiger partial charge in [0.2, 0.25) is 0 Å². The SMILES string of the molecule is CNCCCc1cnc(C(C)(F)F)[nH]1. The first-order chi connectivity index (χ1) is 6.54. The number of hydrogen-bond donors (Lipinski definition) is 2. The molecule has 80 valence electrons. The summed E-state index contributed by atoms with van der Waals surface area (Å²) < 4.78 is 25.5. The molecule has 0 amide bonds. The third-order valence-corrected chi connectivity index (χ3v) is 1.92. The average molecular weight is 203 g/mol. The molecule has 0 radical (unpaired) electrons. The normalized spacial score (nSPS) is 12.0. The second-order valence-electron chi connectivity index (χ2n) is 3.35. The Morgan fingerprint density at radius 2 is 2.29 bits per heavy atom. The van der Waals surface area contributed by atoms with Gasteiger partial charge in [-0.25, -0.2) is 4.98 Å². The predicted octanol–water partition coefficient (Wildman–Crippen LogP) is 1.67. The van der Waals surface area contributed by atoms with Crippen LogP contribution in [0.4, 0.5) is 8.78 Å². The smallest absolute Gasteiger partial charge is 0.301 e. The number of H-pyrrole nitrogens is 1. The van der Waals surface area contributed by atoms with Crippen molar-refractivity contribution in [2.75, 3.05) is 13.6 Å². The first-order valence-corrected chi connectivity index (χ1v) is 4.61. The Bertz CT molecular complexity index is 278. The Morgan fingerprint density at radius 1 is 1.57 bits per heavy atom. The Hall–Kier alpha value is -0.970. The largest absolute Gasteiger partial charge is 0.341 e. The molecule has 0 aliphatic rings. The van der Waals surface area contributed by atoms with Gasteiger partial charge in [0.25, 0.3) is 0 Å². The highest BCUT2D eigenvalue weighted by atomic mass is 19.3. The summed E-state index contributed by atoms with van der Waals surface area (Å²) in [6.45, 7) is 1.71. The van der Waals surface area contributed by atoms with Gasteiger partial charge in [-0.15, -0.1) is 0 Å². The van der Waals surface area contributed by atoms with Crippen molar-refractivity contribution in [3.8, 4) is 0 Å². The van der Waals surface area contributed by atoms with Crippen LogP contribution in [0.1, 0.15) is 24.9 Å². The number of nitrogens with one attached hydrogen (secondary N) is 2. The van der Waals surface area contributed by atoms with Crippen LogP contribution in [0.3, 0.4) is 0 Å². The van der Waals surface area contributed by atoms with Gasteiger partial charge in [-0.1, -0.05) is 0 Å². The van der Waals surface area contributed by atoms with Crippen molar-refractivity contribution in [3.05, 3.63) is 17.7 Å². The van der Waals surface area contributed by atoms with E-state index in [1.165, 1.54) is 6.20 Å². The lowest BCUT2D eigenvalue weighted by atomic mass is 10.2. The van der Waals surface area contributed by atoms with Crippen LogP contribution in [0.25, 0.3) is 0 Å². The maximum absolute atomic E-state index is 12.8. The van der Waals surface area contributed by atoms with Crippen LogP contribution in [-0.2, 0) is 12.3 Å². The fourth-order valence-electron chi connectivity index (χ4n) is 1.16. The summed E-state index contributed by atoms with van der Waals surface area (Å²) in [6, 6.07) is 0. The zero-order chi connectivity index (χ0) is 10.6. The Kier molecular flexibility index (Phi) is 3.57. The summed E-state index contributed by atoms with van der Waals surface area (Å²) in [5.41, 5.74) is 0.761. The molecule has 0 saturated heterocycles. The molecule has 1 rings (SSSR count). The van der Waals surface area contributed by atoms with Crippen molar-refractivity contribution >= 4 is 0 Å². The molecule has 3 nitrogen and oxygen atoms in total. The molecular weight excluding hydrogens is 188 g/mol. The molecule has 1 aromatic heterocycles. The van der Waals surface area contributed by atoms with Crippen LogP contribution in [0.5, 0.6) is 0 Å². The minimum atomic E-state index is -2.87. The minimum absolute atomic E-state index is 0.253. The van der Waals surface area contributed by atoms with Gasteiger partial charge in [0.15, 0.2) is 5.82 Å². The lowest BCUT2D eigenvalue weighted by Crippen LogP contribution is -2.10. The van der Waals surface area contributed by atoms with E-state index < -0.39 is 5.92 Å². The maximum Gasteiger partial charge on any atom is 0.301 e. The second-order valence-corrected chi connectivity index (χ2v) is 3.35. The highest BCUT2D eigenvalue weighted by molar-refractivity contribution is 5.05. The van der Waals surface area contributed by atoms with E-state index in [-0.39, 0.29) is 5.82 Å². The lowest BCUT2D eigenvalue weighted by Gasteiger charge is -2.04. The second kappa shape index (κ2) is 4.50. The average Bonchev–Trinajstić information content (AvgIpc) is 2.52.